The number of carbonyl (C=O) groups is 1. The van der Waals surface area contributed by atoms with Crippen LogP contribution in [0.5, 0.6) is 0 Å². The van der Waals surface area contributed by atoms with Gasteiger partial charge >= 0.3 is 0 Å². The van der Waals surface area contributed by atoms with Gasteiger partial charge in [0.2, 0.25) is 0 Å². The molecule has 5 heteroatoms. The Balaban J connectivity index is 1.82. The Morgan fingerprint density at radius 1 is 1.31 bits per heavy atom. The molecule has 0 spiro atoms. The molecule has 2 aromatic rings. The number of H-pyrrole nitrogens is 1. The normalized spacial score (nSPS) is 17.4. The Labute approximate surface area is 160 Å². The van der Waals surface area contributed by atoms with Gasteiger partial charge in [0.15, 0.2) is 0 Å². The molecule has 1 aliphatic rings. The van der Waals surface area contributed by atoms with E-state index < -0.39 is 5.60 Å². The lowest BCUT2D eigenvalue weighted by atomic mass is 9.94. The van der Waals surface area contributed by atoms with E-state index in [2.05, 4.69) is 24.1 Å². The molecule has 0 saturated heterocycles. The summed E-state index contributed by atoms with van der Waals surface area (Å²) in [6.45, 7) is 4.60. The molecule has 0 atom stereocenters. The number of fused-ring (bicyclic) bond motifs is 1. The van der Waals surface area contributed by atoms with Crippen LogP contribution in [0.4, 0.5) is 0 Å². The summed E-state index contributed by atoms with van der Waals surface area (Å²) in [5.41, 5.74) is 1.80. The van der Waals surface area contributed by atoms with Crippen molar-refractivity contribution in [1.29, 1.82) is 0 Å². The summed E-state index contributed by atoms with van der Waals surface area (Å²) in [6, 6.07) is 3.81. The second-order valence-electron chi connectivity index (χ2n) is 8.08. The van der Waals surface area contributed by atoms with Crippen molar-refractivity contribution in [3.8, 4) is 0 Å². The van der Waals surface area contributed by atoms with Crippen molar-refractivity contribution in [2.24, 2.45) is 5.92 Å². The van der Waals surface area contributed by atoms with Crippen LogP contribution in [0.3, 0.4) is 0 Å². The number of aromatic amines is 1. The Bertz CT molecular complexity index is 774. The standard InChI is InChI=1S/C21H29ClN2O2/c1-14(2)11-15-12-17(18(22)16-7-10-23-19(15)16)20(25)24-13-21(26)8-5-3-4-6-9-21/h7,10,12,14,23,26H,3-6,8-9,11,13H2,1-2H3,(H,24,25). The van der Waals surface area contributed by atoms with Crippen LogP contribution in [-0.2, 0) is 6.42 Å². The lowest BCUT2D eigenvalue weighted by Gasteiger charge is -2.27. The number of hydrogen-bond donors (Lipinski definition) is 3. The second-order valence-corrected chi connectivity index (χ2v) is 8.46. The van der Waals surface area contributed by atoms with E-state index >= 15 is 0 Å². The van der Waals surface area contributed by atoms with Crippen LogP contribution >= 0.6 is 11.6 Å². The summed E-state index contributed by atoms with van der Waals surface area (Å²) >= 11 is 6.53. The van der Waals surface area contributed by atoms with Gasteiger partial charge in [-0.2, -0.15) is 0 Å². The van der Waals surface area contributed by atoms with Crippen molar-refractivity contribution in [2.45, 2.75) is 64.4 Å². The zero-order chi connectivity index (χ0) is 18.7. The summed E-state index contributed by atoms with van der Waals surface area (Å²) in [7, 11) is 0. The number of benzene rings is 1. The van der Waals surface area contributed by atoms with E-state index in [1.165, 1.54) is 0 Å². The van der Waals surface area contributed by atoms with Crippen molar-refractivity contribution in [3.63, 3.8) is 0 Å². The molecule has 26 heavy (non-hydrogen) atoms. The Kier molecular flexibility index (Phi) is 5.93. The van der Waals surface area contributed by atoms with Crippen LogP contribution in [0.25, 0.3) is 10.9 Å². The van der Waals surface area contributed by atoms with Gasteiger partial charge in [-0.05, 0) is 42.9 Å². The quantitative estimate of drug-likeness (QED) is 0.654. The summed E-state index contributed by atoms with van der Waals surface area (Å²) in [5.74, 6) is 0.270. The molecule has 0 bridgehead atoms. The minimum absolute atomic E-state index is 0.208. The van der Waals surface area contributed by atoms with E-state index in [0.29, 0.717) is 16.5 Å². The van der Waals surface area contributed by atoms with Gasteiger partial charge in [-0.25, -0.2) is 0 Å². The summed E-state index contributed by atoms with van der Waals surface area (Å²) < 4.78 is 0. The van der Waals surface area contributed by atoms with Crippen LogP contribution in [-0.4, -0.2) is 28.1 Å². The highest BCUT2D eigenvalue weighted by atomic mass is 35.5. The van der Waals surface area contributed by atoms with E-state index in [9.17, 15) is 9.90 Å². The number of rotatable bonds is 5. The number of carbonyl (C=O) groups excluding carboxylic acids is 1. The van der Waals surface area contributed by atoms with Crippen molar-refractivity contribution in [1.82, 2.24) is 10.3 Å². The Hall–Kier alpha value is -1.52. The molecule has 1 aromatic carbocycles. The largest absolute Gasteiger partial charge is 0.388 e. The minimum atomic E-state index is -0.794. The molecule has 1 aromatic heterocycles. The zero-order valence-corrected chi connectivity index (χ0v) is 16.5. The fourth-order valence-corrected chi connectivity index (χ4v) is 4.24. The van der Waals surface area contributed by atoms with Gasteiger partial charge in [0, 0.05) is 18.1 Å². The highest BCUT2D eigenvalue weighted by Crippen LogP contribution is 2.31. The van der Waals surface area contributed by atoms with Crippen molar-refractivity contribution >= 4 is 28.4 Å². The molecular weight excluding hydrogens is 348 g/mol. The molecule has 3 rings (SSSR count). The molecule has 3 N–H and O–H groups in total. The van der Waals surface area contributed by atoms with Crippen LogP contribution < -0.4 is 5.32 Å². The topological polar surface area (TPSA) is 65.1 Å². The van der Waals surface area contributed by atoms with Gasteiger partial charge in [0.25, 0.3) is 5.91 Å². The van der Waals surface area contributed by atoms with Gasteiger partial charge in [-0.1, -0.05) is 51.1 Å². The van der Waals surface area contributed by atoms with Gasteiger partial charge in [0.05, 0.1) is 21.7 Å². The highest BCUT2D eigenvalue weighted by Gasteiger charge is 2.29. The molecule has 0 radical (unpaired) electrons. The summed E-state index contributed by atoms with van der Waals surface area (Å²) in [6.07, 6.45) is 8.57. The first-order valence-corrected chi connectivity index (χ1v) is 10.1. The third-order valence-corrected chi connectivity index (χ3v) is 5.75. The monoisotopic (exact) mass is 376 g/mol. The molecule has 1 saturated carbocycles. The fraction of sp³-hybridized carbons (Fsp3) is 0.571. The molecule has 1 fully saturated rings. The van der Waals surface area contributed by atoms with Crippen molar-refractivity contribution in [2.75, 3.05) is 6.54 Å². The van der Waals surface area contributed by atoms with E-state index in [-0.39, 0.29) is 12.5 Å². The Morgan fingerprint density at radius 3 is 2.65 bits per heavy atom. The van der Waals surface area contributed by atoms with Crippen molar-refractivity contribution in [3.05, 3.63) is 34.5 Å². The maximum Gasteiger partial charge on any atom is 0.252 e. The highest BCUT2D eigenvalue weighted by molar-refractivity contribution is 6.38. The molecule has 1 aliphatic carbocycles. The maximum atomic E-state index is 12.8. The van der Waals surface area contributed by atoms with Gasteiger partial charge < -0.3 is 15.4 Å². The predicted molar refractivity (Wildman–Crippen MR) is 107 cm³/mol. The SMILES string of the molecule is CC(C)Cc1cc(C(=O)NCC2(O)CCCCCC2)c(Cl)c2cc[nH]c12. The van der Waals surface area contributed by atoms with Gasteiger partial charge in [0.1, 0.15) is 0 Å². The van der Waals surface area contributed by atoms with Crippen LogP contribution in [0.15, 0.2) is 18.3 Å². The molecule has 1 amide bonds. The first-order chi connectivity index (χ1) is 12.4. The summed E-state index contributed by atoms with van der Waals surface area (Å²) in [4.78, 5) is 16.1. The van der Waals surface area contributed by atoms with E-state index in [1.54, 1.807) is 0 Å². The lowest BCUT2D eigenvalue weighted by molar-refractivity contribution is 0.0246. The molecule has 4 nitrogen and oxygen atoms in total. The summed E-state index contributed by atoms with van der Waals surface area (Å²) in [5, 5.41) is 15.1. The average Bonchev–Trinajstić information content (AvgIpc) is 2.99. The number of amides is 1. The number of hydrogen-bond acceptors (Lipinski definition) is 2. The van der Waals surface area contributed by atoms with E-state index in [0.717, 1.165) is 61.4 Å². The van der Waals surface area contributed by atoms with Crippen molar-refractivity contribution < 1.29 is 9.90 Å². The number of aliphatic hydroxyl groups is 1. The molecule has 142 valence electrons. The predicted octanol–water partition coefficient (Wildman–Crippen LogP) is 4.83. The fourth-order valence-electron chi connectivity index (χ4n) is 3.94. The third-order valence-electron chi connectivity index (χ3n) is 5.34. The average molecular weight is 377 g/mol. The molecule has 0 unspecified atom stereocenters. The van der Waals surface area contributed by atoms with Gasteiger partial charge in [-0.3, -0.25) is 4.79 Å². The first-order valence-electron chi connectivity index (χ1n) is 9.69. The third kappa shape index (κ3) is 4.24. The smallest absolute Gasteiger partial charge is 0.252 e. The number of nitrogens with one attached hydrogen (secondary N) is 2. The van der Waals surface area contributed by atoms with Crippen LogP contribution in [0, 0.1) is 5.92 Å². The van der Waals surface area contributed by atoms with Gasteiger partial charge in [-0.15, -0.1) is 0 Å². The first kappa shape index (κ1) is 19.2. The van der Waals surface area contributed by atoms with Crippen LogP contribution in [0.2, 0.25) is 5.02 Å². The zero-order valence-electron chi connectivity index (χ0n) is 15.7. The van der Waals surface area contributed by atoms with E-state index in [1.807, 2.05) is 18.3 Å². The Morgan fingerprint density at radius 2 is 2.00 bits per heavy atom. The van der Waals surface area contributed by atoms with E-state index in [4.69, 9.17) is 11.6 Å². The van der Waals surface area contributed by atoms with Crippen LogP contribution in [0.1, 0.15) is 68.3 Å². The minimum Gasteiger partial charge on any atom is -0.388 e. The number of aromatic nitrogens is 1. The lowest BCUT2D eigenvalue weighted by Crippen LogP contribution is -2.42. The maximum absolute atomic E-state index is 12.8. The second kappa shape index (κ2) is 8.01. The molecule has 1 heterocycles. The molecule has 0 aliphatic heterocycles. The molecular formula is C21H29ClN2O2. The number of halogens is 1.